The van der Waals surface area contributed by atoms with Crippen molar-refractivity contribution in [3.8, 4) is 0 Å². The van der Waals surface area contributed by atoms with Crippen LogP contribution in [0.25, 0.3) is 0 Å². The zero-order valence-electron chi connectivity index (χ0n) is 13.3. The van der Waals surface area contributed by atoms with Crippen molar-refractivity contribution in [2.24, 2.45) is 5.41 Å². The number of hydrogen-bond acceptors (Lipinski definition) is 2. The van der Waals surface area contributed by atoms with Gasteiger partial charge in [-0.25, -0.2) is 4.79 Å². The molecule has 2 N–H and O–H groups in total. The van der Waals surface area contributed by atoms with Crippen LogP contribution in [0, 0.1) is 5.41 Å². The lowest BCUT2D eigenvalue weighted by atomic mass is 9.79. The molecular formula is C19H22N2O2. The minimum Gasteiger partial charge on any atom is -0.465 e. The summed E-state index contributed by atoms with van der Waals surface area (Å²) in [5.74, 6) is 0. The SMILES string of the molecule is CC1(CNC(=O)O)CN(C(c2ccccc2)c2ccccc2)C1. The summed E-state index contributed by atoms with van der Waals surface area (Å²) in [5.41, 5.74) is 2.54. The minimum absolute atomic E-state index is 0.000199. The molecule has 2 aromatic rings. The van der Waals surface area contributed by atoms with E-state index in [9.17, 15) is 4.79 Å². The average molecular weight is 310 g/mol. The van der Waals surface area contributed by atoms with Crippen molar-refractivity contribution in [2.45, 2.75) is 13.0 Å². The first-order chi connectivity index (χ1) is 11.1. The van der Waals surface area contributed by atoms with Crippen LogP contribution in [-0.4, -0.2) is 35.7 Å². The van der Waals surface area contributed by atoms with Crippen LogP contribution in [0.2, 0.25) is 0 Å². The number of carboxylic acid groups (broad SMARTS) is 1. The lowest BCUT2D eigenvalue weighted by Crippen LogP contribution is -2.60. The van der Waals surface area contributed by atoms with E-state index in [0.29, 0.717) is 6.54 Å². The van der Waals surface area contributed by atoms with E-state index in [2.05, 4.69) is 65.7 Å². The number of nitrogens with one attached hydrogen (secondary N) is 1. The molecule has 0 aromatic heterocycles. The van der Waals surface area contributed by atoms with Gasteiger partial charge in [0, 0.05) is 25.0 Å². The highest BCUT2D eigenvalue weighted by Crippen LogP contribution is 2.39. The van der Waals surface area contributed by atoms with Gasteiger partial charge in [0.05, 0.1) is 6.04 Å². The molecule has 4 nitrogen and oxygen atoms in total. The molecule has 0 radical (unpaired) electrons. The van der Waals surface area contributed by atoms with Crippen LogP contribution < -0.4 is 5.32 Å². The normalized spacial score (nSPS) is 16.8. The smallest absolute Gasteiger partial charge is 0.404 e. The Morgan fingerprint density at radius 1 is 1.09 bits per heavy atom. The molecule has 1 saturated heterocycles. The molecule has 0 saturated carbocycles. The van der Waals surface area contributed by atoms with Gasteiger partial charge in [-0.3, -0.25) is 4.90 Å². The largest absolute Gasteiger partial charge is 0.465 e. The van der Waals surface area contributed by atoms with Crippen molar-refractivity contribution in [3.63, 3.8) is 0 Å². The highest BCUT2D eigenvalue weighted by atomic mass is 16.4. The van der Waals surface area contributed by atoms with Crippen LogP contribution in [0.3, 0.4) is 0 Å². The van der Waals surface area contributed by atoms with Gasteiger partial charge in [-0.15, -0.1) is 0 Å². The third-order valence-electron chi connectivity index (χ3n) is 4.43. The molecule has 1 fully saturated rings. The molecule has 0 atom stereocenters. The van der Waals surface area contributed by atoms with Crippen LogP contribution in [-0.2, 0) is 0 Å². The van der Waals surface area contributed by atoms with Gasteiger partial charge in [0.2, 0.25) is 0 Å². The molecule has 0 spiro atoms. The van der Waals surface area contributed by atoms with Crippen molar-refractivity contribution < 1.29 is 9.90 Å². The van der Waals surface area contributed by atoms with Gasteiger partial charge >= 0.3 is 6.09 Å². The summed E-state index contributed by atoms with van der Waals surface area (Å²) in [6.45, 7) is 4.38. The molecule has 1 heterocycles. The first-order valence-electron chi connectivity index (χ1n) is 7.88. The highest BCUT2D eigenvalue weighted by Gasteiger charge is 2.42. The lowest BCUT2D eigenvalue weighted by molar-refractivity contribution is -0.00635. The third kappa shape index (κ3) is 3.54. The van der Waals surface area contributed by atoms with Crippen molar-refractivity contribution in [2.75, 3.05) is 19.6 Å². The fourth-order valence-corrected chi connectivity index (χ4v) is 3.40. The Kier molecular flexibility index (Phi) is 4.35. The van der Waals surface area contributed by atoms with E-state index in [1.54, 1.807) is 0 Å². The fourth-order valence-electron chi connectivity index (χ4n) is 3.40. The Hall–Kier alpha value is -2.33. The predicted octanol–water partition coefficient (Wildman–Crippen LogP) is 3.37. The third-order valence-corrected chi connectivity index (χ3v) is 4.43. The number of benzene rings is 2. The number of hydrogen-bond donors (Lipinski definition) is 2. The van der Waals surface area contributed by atoms with Gasteiger partial charge in [0.15, 0.2) is 0 Å². The first kappa shape index (κ1) is 15.6. The second-order valence-electron chi connectivity index (χ2n) is 6.60. The van der Waals surface area contributed by atoms with Crippen LogP contribution in [0.1, 0.15) is 24.1 Å². The Bertz CT molecular complexity index is 612. The molecule has 23 heavy (non-hydrogen) atoms. The van der Waals surface area contributed by atoms with E-state index in [0.717, 1.165) is 13.1 Å². The van der Waals surface area contributed by atoms with Gasteiger partial charge in [-0.05, 0) is 11.1 Å². The highest BCUT2D eigenvalue weighted by molar-refractivity contribution is 5.64. The molecule has 0 bridgehead atoms. The summed E-state index contributed by atoms with van der Waals surface area (Å²) in [5, 5.41) is 11.3. The fraction of sp³-hybridized carbons (Fsp3) is 0.316. The Morgan fingerprint density at radius 2 is 1.57 bits per heavy atom. The van der Waals surface area contributed by atoms with Gasteiger partial charge < -0.3 is 10.4 Å². The van der Waals surface area contributed by atoms with Crippen molar-refractivity contribution in [3.05, 3.63) is 71.8 Å². The van der Waals surface area contributed by atoms with E-state index >= 15 is 0 Å². The summed E-state index contributed by atoms with van der Waals surface area (Å²) < 4.78 is 0. The van der Waals surface area contributed by atoms with Gasteiger partial charge in [-0.1, -0.05) is 67.6 Å². The summed E-state index contributed by atoms with van der Waals surface area (Å²) in [6, 6.07) is 21.2. The lowest BCUT2D eigenvalue weighted by Gasteiger charge is -2.51. The van der Waals surface area contributed by atoms with Gasteiger partial charge in [0.25, 0.3) is 0 Å². The number of amides is 1. The number of likely N-dealkylation sites (tertiary alicyclic amines) is 1. The molecule has 120 valence electrons. The molecule has 0 unspecified atom stereocenters. The Balaban J connectivity index is 1.78. The van der Waals surface area contributed by atoms with E-state index in [-0.39, 0.29) is 11.5 Å². The Labute approximate surface area is 136 Å². The molecule has 2 aromatic carbocycles. The summed E-state index contributed by atoms with van der Waals surface area (Å²) in [7, 11) is 0. The zero-order chi connectivity index (χ0) is 16.3. The molecule has 1 aliphatic rings. The Morgan fingerprint density at radius 3 is 2.00 bits per heavy atom. The standard InChI is InChI=1S/C19H22N2O2/c1-19(12-20-18(22)23)13-21(14-19)17(15-8-4-2-5-9-15)16-10-6-3-7-11-16/h2-11,17,20H,12-14H2,1H3,(H,22,23). The predicted molar refractivity (Wildman–Crippen MR) is 90.4 cm³/mol. The van der Waals surface area contributed by atoms with E-state index in [1.807, 2.05) is 12.1 Å². The quantitative estimate of drug-likeness (QED) is 0.890. The van der Waals surface area contributed by atoms with Gasteiger partial charge in [0.1, 0.15) is 0 Å². The molecular weight excluding hydrogens is 288 g/mol. The maximum absolute atomic E-state index is 10.7. The zero-order valence-corrected chi connectivity index (χ0v) is 13.3. The van der Waals surface area contributed by atoms with Crippen LogP contribution in [0.4, 0.5) is 4.79 Å². The maximum atomic E-state index is 10.7. The van der Waals surface area contributed by atoms with Crippen molar-refractivity contribution in [1.29, 1.82) is 0 Å². The minimum atomic E-state index is -0.952. The second kappa shape index (κ2) is 6.42. The topological polar surface area (TPSA) is 52.6 Å². The maximum Gasteiger partial charge on any atom is 0.404 e. The van der Waals surface area contributed by atoms with Gasteiger partial charge in [-0.2, -0.15) is 0 Å². The average Bonchev–Trinajstić information content (AvgIpc) is 2.54. The number of rotatable bonds is 5. The molecule has 4 heteroatoms. The van der Waals surface area contributed by atoms with E-state index < -0.39 is 6.09 Å². The molecule has 0 aliphatic carbocycles. The van der Waals surface area contributed by atoms with Crippen LogP contribution in [0.5, 0.6) is 0 Å². The van der Waals surface area contributed by atoms with Crippen molar-refractivity contribution in [1.82, 2.24) is 10.2 Å². The second-order valence-corrected chi connectivity index (χ2v) is 6.60. The van der Waals surface area contributed by atoms with E-state index in [4.69, 9.17) is 5.11 Å². The summed E-state index contributed by atoms with van der Waals surface area (Å²) >= 11 is 0. The van der Waals surface area contributed by atoms with Crippen molar-refractivity contribution >= 4 is 6.09 Å². The van der Waals surface area contributed by atoms with E-state index in [1.165, 1.54) is 11.1 Å². The number of carbonyl (C=O) groups is 1. The summed E-state index contributed by atoms with van der Waals surface area (Å²) in [4.78, 5) is 13.1. The monoisotopic (exact) mass is 310 g/mol. The first-order valence-corrected chi connectivity index (χ1v) is 7.88. The molecule has 1 amide bonds. The van der Waals surface area contributed by atoms with Crippen LogP contribution in [0.15, 0.2) is 60.7 Å². The number of nitrogens with zero attached hydrogens (tertiary/aromatic N) is 1. The molecule has 3 rings (SSSR count). The van der Waals surface area contributed by atoms with Crippen LogP contribution >= 0.6 is 0 Å². The summed E-state index contributed by atoms with van der Waals surface area (Å²) in [6.07, 6.45) is -0.952. The molecule has 1 aliphatic heterocycles.